The SMILES string of the molecule is CCOc1ccc([C@@H](CNC)OCC)cc1. The Hall–Kier alpha value is -1.06. The van der Waals surface area contributed by atoms with Crippen LogP contribution in [-0.4, -0.2) is 26.8 Å². The van der Waals surface area contributed by atoms with Crippen LogP contribution in [0.25, 0.3) is 0 Å². The Bertz CT molecular complexity index is 278. The van der Waals surface area contributed by atoms with Crippen LogP contribution in [-0.2, 0) is 4.74 Å². The van der Waals surface area contributed by atoms with E-state index in [2.05, 4.69) is 17.4 Å². The van der Waals surface area contributed by atoms with Gasteiger partial charge in [0.25, 0.3) is 0 Å². The molecule has 0 amide bonds. The molecule has 0 heterocycles. The first-order valence-electron chi connectivity index (χ1n) is 5.80. The smallest absolute Gasteiger partial charge is 0.119 e. The van der Waals surface area contributed by atoms with E-state index in [1.807, 2.05) is 33.0 Å². The van der Waals surface area contributed by atoms with E-state index in [9.17, 15) is 0 Å². The van der Waals surface area contributed by atoms with Crippen molar-refractivity contribution < 1.29 is 9.47 Å². The number of benzene rings is 1. The molecule has 1 aromatic carbocycles. The zero-order chi connectivity index (χ0) is 11.8. The van der Waals surface area contributed by atoms with Gasteiger partial charge < -0.3 is 14.8 Å². The molecule has 0 saturated carbocycles. The van der Waals surface area contributed by atoms with Crippen LogP contribution in [0.3, 0.4) is 0 Å². The molecular formula is C13H21NO2. The minimum Gasteiger partial charge on any atom is -0.494 e. The maximum absolute atomic E-state index is 5.66. The topological polar surface area (TPSA) is 30.5 Å². The lowest BCUT2D eigenvalue weighted by atomic mass is 10.1. The Morgan fingerprint density at radius 2 is 1.81 bits per heavy atom. The Balaban J connectivity index is 2.68. The second-order valence-corrected chi connectivity index (χ2v) is 3.50. The summed E-state index contributed by atoms with van der Waals surface area (Å²) >= 11 is 0. The molecule has 1 atom stereocenters. The highest BCUT2D eigenvalue weighted by molar-refractivity contribution is 5.28. The second-order valence-electron chi connectivity index (χ2n) is 3.50. The predicted octanol–water partition coefficient (Wildman–Crippen LogP) is 2.38. The number of likely N-dealkylation sites (N-methyl/N-ethyl adjacent to an activating group) is 1. The fourth-order valence-electron chi connectivity index (χ4n) is 1.60. The molecule has 0 unspecified atom stereocenters. The summed E-state index contributed by atoms with van der Waals surface area (Å²) in [6, 6.07) is 8.09. The molecule has 0 aliphatic rings. The summed E-state index contributed by atoms with van der Waals surface area (Å²) in [6.45, 7) is 6.24. The van der Waals surface area contributed by atoms with E-state index >= 15 is 0 Å². The summed E-state index contributed by atoms with van der Waals surface area (Å²) in [5.41, 5.74) is 1.18. The van der Waals surface area contributed by atoms with Gasteiger partial charge in [0.15, 0.2) is 0 Å². The molecule has 0 spiro atoms. The van der Waals surface area contributed by atoms with Crippen molar-refractivity contribution in [1.29, 1.82) is 0 Å². The summed E-state index contributed by atoms with van der Waals surface area (Å²) in [5.74, 6) is 0.908. The third-order valence-electron chi connectivity index (χ3n) is 2.32. The van der Waals surface area contributed by atoms with E-state index < -0.39 is 0 Å². The predicted molar refractivity (Wildman–Crippen MR) is 65.9 cm³/mol. The van der Waals surface area contributed by atoms with Crippen LogP contribution in [0.5, 0.6) is 5.75 Å². The first-order chi connectivity index (χ1) is 7.81. The lowest BCUT2D eigenvalue weighted by Gasteiger charge is -2.17. The van der Waals surface area contributed by atoms with Gasteiger partial charge in [-0.15, -0.1) is 0 Å². The molecular weight excluding hydrogens is 202 g/mol. The fraction of sp³-hybridized carbons (Fsp3) is 0.538. The number of rotatable bonds is 7. The van der Waals surface area contributed by atoms with E-state index in [1.165, 1.54) is 5.56 Å². The van der Waals surface area contributed by atoms with E-state index in [-0.39, 0.29) is 6.10 Å². The fourth-order valence-corrected chi connectivity index (χ4v) is 1.60. The minimum absolute atomic E-state index is 0.116. The van der Waals surface area contributed by atoms with Gasteiger partial charge in [-0.05, 0) is 38.6 Å². The van der Waals surface area contributed by atoms with Crippen molar-refractivity contribution in [1.82, 2.24) is 5.32 Å². The van der Waals surface area contributed by atoms with Crippen molar-refractivity contribution in [2.24, 2.45) is 0 Å². The molecule has 16 heavy (non-hydrogen) atoms. The van der Waals surface area contributed by atoms with Gasteiger partial charge in [-0.1, -0.05) is 12.1 Å². The van der Waals surface area contributed by atoms with Crippen LogP contribution in [0, 0.1) is 0 Å². The number of hydrogen-bond acceptors (Lipinski definition) is 3. The molecule has 1 rings (SSSR count). The monoisotopic (exact) mass is 223 g/mol. The van der Waals surface area contributed by atoms with Crippen LogP contribution in [0.15, 0.2) is 24.3 Å². The van der Waals surface area contributed by atoms with Gasteiger partial charge in [-0.25, -0.2) is 0 Å². The van der Waals surface area contributed by atoms with E-state index in [0.717, 1.165) is 18.9 Å². The summed E-state index contributed by atoms with van der Waals surface area (Å²) in [6.07, 6.45) is 0.116. The zero-order valence-electron chi connectivity index (χ0n) is 10.3. The summed E-state index contributed by atoms with van der Waals surface area (Å²) < 4.78 is 11.1. The summed E-state index contributed by atoms with van der Waals surface area (Å²) in [4.78, 5) is 0. The molecule has 0 aromatic heterocycles. The van der Waals surface area contributed by atoms with Crippen LogP contribution in [0.2, 0.25) is 0 Å². The Morgan fingerprint density at radius 1 is 1.12 bits per heavy atom. The van der Waals surface area contributed by atoms with Crippen LogP contribution in [0.1, 0.15) is 25.5 Å². The summed E-state index contributed by atoms with van der Waals surface area (Å²) in [7, 11) is 1.93. The van der Waals surface area contributed by atoms with Gasteiger partial charge in [0.05, 0.1) is 12.7 Å². The highest BCUT2D eigenvalue weighted by Gasteiger charge is 2.09. The van der Waals surface area contributed by atoms with Crippen LogP contribution in [0.4, 0.5) is 0 Å². The first-order valence-corrected chi connectivity index (χ1v) is 5.80. The second kappa shape index (κ2) is 7.25. The Labute approximate surface area is 97.8 Å². The van der Waals surface area contributed by atoms with Gasteiger partial charge in [-0.2, -0.15) is 0 Å². The highest BCUT2D eigenvalue weighted by atomic mass is 16.5. The van der Waals surface area contributed by atoms with E-state index in [1.54, 1.807) is 0 Å². The van der Waals surface area contributed by atoms with Crippen molar-refractivity contribution in [3.05, 3.63) is 29.8 Å². The molecule has 0 bridgehead atoms. The van der Waals surface area contributed by atoms with Crippen molar-refractivity contribution in [2.75, 3.05) is 26.8 Å². The molecule has 3 nitrogen and oxygen atoms in total. The number of ether oxygens (including phenoxy) is 2. The normalized spacial score (nSPS) is 12.4. The maximum Gasteiger partial charge on any atom is 0.119 e. The first kappa shape index (κ1) is 13.0. The van der Waals surface area contributed by atoms with Gasteiger partial charge in [-0.3, -0.25) is 0 Å². The van der Waals surface area contributed by atoms with Crippen molar-refractivity contribution in [3.8, 4) is 5.75 Å². The molecule has 90 valence electrons. The number of nitrogens with one attached hydrogen (secondary N) is 1. The van der Waals surface area contributed by atoms with E-state index in [0.29, 0.717) is 6.61 Å². The molecule has 3 heteroatoms. The third-order valence-corrected chi connectivity index (χ3v) is 2.32. The van der Waals surface area contributed by atoms with Crippen LogP contribution < -0.4 is 10.1 Å². The Kier molecular flexibility index (Phi) is 5.90. The summed E-state index contributed by atoms with van der Waals surface area (Å²) in [5, 5.41) is 3.13. The standard InChI is InChI=1S/C13H21NO2/c1-4-15-12-8-6-11(7-9-12)13(10-14-3)16-5-2/h6-9,13-14H,4-5,10H2,1-3H3/t13-/m1/s1. The van der Waals surface area contributed by atoms with Crippen molar-refractivity contribution in [2.45, 2.75) is 20.0 Å². The molecule has 0 radical (unpaired) electrons. The largest absolute Gasteiger partial charge is 0.494 e. The lowest BCUT2D eigenvalue weighted by molar-refractivity contribution is 0.0637. The van der Waals surface area contributed by atoms with Gasteiger partial charge in [0, 0.05) is 13.2 Å². The molecule has 0 aliphatic heterocycles. The third kappa shape index (κ3) is 3.83. The molecule has 1 aromatic rings. The van der Waals surface area contributed by atoms with Crippen LogP contribution >= 0.6 is 0 Å². The molecule has 0 saturated heterocycles. The Morgan fingerprint density at radius 3 is 2.31 bits per heavy atom. The highest BCUT2D eigenvalue weighted by Crippen LogP contribution is 2.20. The number of hydrogen-bond donors (Lipinski definition) is 1. The lowest BCUT2D eigenvalue weighted by Crippen LogP contribution is -2.19. The molecule has 0 aliphatic carbocycles. The average molecular weight is 223 g/mol. The van der Waals surface area contributed by atoms with Gasteiger partial charge in [0.2, 0.25) is 0 Å². The van der Waals surface area contributed by atoms with Crippen molar-refractivity contribution >= 4 is 0 Å². The maximum atomic E-state index is 5.66. The zero-order valence-corrected chi connectivity index (χ0v) is 10.3. The van der Waals surface area contributed by atoms with E-state index in [4.69, 9.17) is 9.47 Å². The average Bonchev–Trinajstić information content (AvgIpc) is 2.30. The quantitative estimate of drug-likeness (QED) is 0.770. The molecule has 0 fully saturated rings. The minimum atomic E-state index is 0.116. The van der Waals surface area contributed by atoms with Gasteiger partial charge >= 0.3 is 0 Å². The van der Waals surface area contributed by atoms with Crippen molar-refractivity contribution in [3.63, 3.8) is 0 Å². The van der Waals surface area contributed by atoms with Gasteiger partial charge in [0.1, 0.15) is 5.75 Å². The molecule has 1 N–H and O–H groups in total.